The highest BCUT2D eigenvalue weighted by Gasteiger charge is 2.60. The normalized spacial score (nSPS) is 38.5. The van der Waals surface area contributed by atoms with Crippen molar-refractivity contribution in [3.63, 3.8) is 0 Å². The van der Waals surface area contributed by atoms with Crippen LogP contribution in [0.15, 0.2) is 36.4 Å². The first-order chi connectivity index (χ1) is 12.5. The molecule has 1 aromatic carbocycles. The van der Waals surface area contributed by atoms with Crippen molar-refractivity contribution in [3.8, 4) is 5.75 Å². The van der Waals surface area contributed by atoms with Gasteiger partial charge < -0.3 is 20.1 Å². The topological polar surface area (TPSA) is 87.0 Å². The van der Waals surface area contributed by atoms with Crippen molar-refractivity contribution in [1.82, 2.24) is 0 Å². The summed E-state index contributed by atoms with van der Waals surface area (Å²) in [7, 11) is 0. The Morgan fingerprint density at radius 3 is 2.33 bits per heavy atom. The van der Waals surface area contributed by atoms with Crippen LogP contribution in [0.1, 0.15) is 57.3 Å². The van der Waals surface area contributed by atoms with E-state index in [1.165, 1.54) is 24.3 Å². The van der Waals surface area contributed by atoms with E-state index in [0.29, 0.717) is 12.0 Å². The van der Waals surface area contributed by atoms with E-state index in [9.17, 15) is 20.1 Å². The Kier molecular flexibility index (Phi) is 4.89. The van der Waals surface area contributed by atoms with Crippen LogP contribution in [0.4, 0.5) is 0 Å². The van der Waals surface area contributed by atoms with Gasteiger partial charge in [-0.1, -0.05) is 32.9 Å². The number of esters is 1. The molecule has 2 aliphatic rings. The smallest absolute Gasteiger partial charge is 0.338 e. The van der Waals surface area contributed by atoms with E-state index < -0.39 is 23.3 Å². The number of rotatable bonds is 3. The van der Waals surface area contributed by atoms with Gasteiger partial charge in [-0.15, -0.1) is 0 Å². The molecular formula is C22H30O5. The lowest BCUT2D eigenvalue weighted by Gasteiger charge is -2.43. The Morgan fingerprint density at radius 2 is 1.74 bits per heavy atom. The van der Waals surface area contributed by atoms with Crippen molar-refractivity contribution >= 4 is 5.97 Å². The van der Waals surface area contributed by atoms with Crippen LogP contribution in [0.5, 0.6) is 5.75 Å². The Morgan fingerprint density at radius 1 is 1.11 bits per heavy atom. The van der Waals surface area contributed by atoms with Gasteiger partial charge in [0, 0.05) is 12.3 Å². The van der Waals surface area contributed by atoms with Gasteiger partial charge >= 0.3 is 5.97 Å². The number of carbonyl (C=O) groups is 1. The van der Waals surface area contributed by atoms with Crippen molar-refractivity contribution in [1.29, 1.82) is 0 Å². The fraction of sp³-hybridized carbons (Fsp3) is 0.591. The van der Waals surface area contributed by atoms with Crippen LogP contribution in [-0.4, -0.2) is 38.6 Å². The van der Waals surface area contributed by atoms with Gasteiger partial charge in [0.25, 0.3) is 0 Å². The van der Waals surface area contributed by atoms with Crippen LogP contribution in [0.25, 0.3) is 0 Å². The molecule has 1 aromatic rings. The molecule has 2 aliphatic carbocycles. The summed E-state index contributed by atoms with van der Waals surface area (Å²) in [5.41, 5.74) is -2.12. The van der Waals surface area contributed by atoms with Crippen LogP contribution in [0.2, 0.25) is 0 Å². The second-order valence-electron chi connectivity index (χ2n) is 9.01. The molecule has 0 bridgehead atoms. The number of aromatic hydroxyl groups is 1. The zero-order chi connectivity index (χ0) is 20.0. The number of phenols is 1. The predicted molar refractivity (Wildman–Crippen MR) is 102 cm³/mol. The Hall–Kier alpha value is -1.85. The molecule has 0 radical (unpaired) electrons. The molecule has 148 valence electrons. The van der Waals surface area contributed by atoms with E-state index in [-0.39, 0.29) is 29.4 Å². The second-order valence-corrected chi connectivity index (χ2v) is 9.01. The number of aliphatic hydroxyl groups is 2. The molecule has 5 heteroatoms. The molecule has 1 fully saturated rings. The van der Waals surface area contributed by atoms with Gasteiger partial charge in [-0.25, -0.2) is 4.79 Å². The van der Waals surface area contributed by atoms with Gasteiger partial charge in [-0.3, -0.25) is 0 Å². The van der Waals surface area contributed by atoms with E-state index >= 15 is 0 Å². The van der Waals surface area contributed by atoms with Gasteiger partial charge in [0.15, 0.2) is 0 Å². The minimum atomic E-state index is -1.12. The van der Waals surface area contributed by atoms with Crippen molar-refractivity contribution in [2.24, 2.45) is 17.3 Å². The lowest BCUT2D eigenvalue weighted by molar-refractivity contribution is -0.116. The number of allylic oxidation sites excluding steroid dienone is 1. The summed E-state index contributed by atoms with van der Waals surface area (Å²) in [6.45, 7) is 7.73. The van der Waals surface area contributed by atoms with Crippen LogP contribution in [0.3, 0.4) is 0 Å². The zero-order valence-corrected chi connectivity index (χ0v) is 16.5. The average Bonchev–Trinajstić information content (AvgIpc) is 2.80. The highest BCUT2D eigenvalue weighted by atomic mass is 16.5. The van der Waals surface area contributed by atoms with Crippen molar-refractivity contribution in [2.75, 3.05) is 0 Å². The standard InChI is InChI=1S/C22H30O5/c1-14(2)22(26)12-10-20(3)9-11-21(4,25)13-17(18(20)22)27-19(24)15-5-7-16(23)8-6-15/h5-9,11,14,17-18,23,25-26H,10,12-13H2,1-4H3/t17-,18-,20+,21-,22+/m0/s1. The molecule has 5 atom stereocenters. The fourth-order valence-corrected chi connectivity index (χ4v) is 4.81. The molecule has 5 nitrogen and oxygen atoms in total. The first-order valence-electron chi connectivity index (χ1n) is 9.62. The van der Waals surface area contributed by atoms with Crippen molar-refractivity contribution in [2.45, 2.75) is 64.3 Å². The zero-order valence-electron chi connectivity index (χ0n) is 16.5. The van der Waals surface area contributed by atoms with Crippen molar-refractivity contribution in [3.05, 3.63) is 42.0 Å². The Balaban J connectivity index is 1.97. The van der Waals surface area contributed by atoms with Crippen LogP contribution in [0, 0.1) is 17.3 Å². The quantitative estimate of drug-likeness (QED) is 0.557. The lowest BCUT2D eigenvalue weighted by atomic mass is 9.68. The van der Waals surface area contributed by atoms with Gasteiger partial charge in [0.1, 0.15) is 11.9 Å². The maximum Gasteiger partial charge on any atom is 0.338 e. The van der Waals surface area contributed by atoms with E-state index in [2.05, 4.69) is 6.92 Å². The summed E-state index contributed by atoms with van der Waals surface area (Å²) >= 11 is 0. The molecule has 27 heavy (non-hydrogen) atoms. The molecule has 0 amide bonds. The van der Waals surface area contributed by atoms with Crippen LogP contribution >= 0.6 is 0 Å². The summed E-state index contributed by atoms with van der Waals surface area (Å²) in [6.07, 6.45) is 4.77. The molecule has 0 unspecified atom stereocenters. The molecule has 0 heterocycles. The van der Waals surface area contributed by atoms with E-state index in [0.717, 1.165) is 6.42 Å². The molecule has 3 rings (SSSR count). The monoisotopic (exact) mass is 374 g/mol. The largest absolute Gasteiger partial charge is 0.508 e. The predicted octanol–water partition coefficient (Wildman–Crippen LogP) is 3.43. The van der Waals surface area contributed by atoms with E-state index in [1.54, 1.807) is 13.0 Å². The number of benzene rings is 1. The summed E-state index contributed by atoms with van der Waals surface area (Å²) in [5.74, 6) is -0.754. The maximum atomic E-state index is 12.7. The van der Waals surface area contributed by atoms with Gasteiger partial charge in [-0.05, 0) is 55.4 Å². The molecule has 0 spiro atoms. The summed E-state index contributed by atoms with van der Waals surface area (Å²) in [4.78, 5) is 12.7. The second kappa shape index (κ2) is 6.64. The third-order valence-corrected chi connectivity index (χ3v) is 6.48. The average molecular weight is 374 g/mol. The van der Waals surface area contributed by atoms with E-state index in [1.807, 2.05) is 19.9 Å². The molecule has 0 aliphatic heterocycles. The number of carbonyl (C=O) groups excluding carboxylic acids is 1. The first kappa shape index (κ1) is 19.9. The summed E-state index contributed by atoms with van der Waals surface area (Å²) in [6, 6.07) is 5.89. The number of ether oxygens (including phenoxy) is 1. The van der Waals surface area contributed by atoms with Gasteiger partial charge in [-0.2, -0.15) is 0 Å². The number of phenolic OH excluding ortho intramolecular Hbond substituents is 1. The Bertz CT molecular complexity index is 736. The highest BCUT2D eigenvalue weighted by molar-refractivity contribution is 5.89. The minimum absolute atomic E-state index is 0.00403. The third-order valence-electron chi connectivity index (χ3n) is 6.48. The van der Waals surface area contributed by atoms with E-state index in [4.69, 9.17) is 4.74 Å². The molecule has 0 aromatic heterocycles. The fourth-order valence-electron chi connectivity index (χ4n) is 4.81. The lowest BCUT2D eigenvalue weighted by Crippen LogP contribution is -2.51. The molecule has 1 saturated carbocycles. The molecule has 0 saturated heterocycles. The summed E-state index contributed by atoms with van der Waals surface area (Å²) < 4.78 is 5.88. The third kappa shape index (κ3) is 3.63. The minimum Gasteiger partial charge on any atom is -0.508 e. The summed E-state index contributed by atoms with van der Waals surface area (Å²) in [5, 5.41) is 31.6. The first-order valence-corrected chi connectivity index (χ1v) is 9.62. The number of fused-ring (bicyclic) bond motifs is 1. The van der Waals surface area contributed by atoms with Crippen LogP contribution in [-0.2, 0) is 4.74 Å². The van der Waals surface area contributed by atoms with Gasteiger partial charge in [0.05, 0.1) is 16.8 Å². The highest BCUT2D eigenvalue weighted by Crippen LogP contribution is 2.57. The number of hydrogen-bond donors (Lipinski definition) is 3. The Labute approximate surface area is 160 Å². The molecule has 3 N–H and O–H groups in total. The van der Waals surface area contributed by atoms with Gasteiger partial charge in [0.2, 0.25) is 0 Å². The molecular weight excluding hydrogens is 344 g/mol. The number of hydrogen-bond acceptors (Lipinski definition) is 5. The SMILES string of the molecule is CC(C)[C@]1(O)CC[C@@]2(C)C=C[C@](C)(O)C[C@H](OC(=O)c3ccc(O)cc3)[C@H]12. The van der Waals surface area contributed by atoms with Crippen molar-refractivity contribution < 1.29 is 24.9 Å². The van der Waals surface area contributed by atoms with Crippen LogP contribution < -0.4 is 0 Å². The maximum absolute atomic E-state index is 12.7.